The Kier molecular flexibility index (Phi) is 6.97. The van der Waals surface area contributed by atoms with Crippen molar-refractivity contribution >= 4 is 36.4 Å². The molecule has 4 fully saturated rings. The van der Waals surface area contributed by atoms with Gasteiger partial charge >= 0.3 is 13.0 Å². The molecule has 4 saturated carbocycles. The van der Waals surface area contributed by atoms with Crippen LogP contribution in [0.25, 0.3) is 0 Å². The van der Waals surface area contributed by atoms with Gasteiger partial charge in [0.2, 0.25) is 5.91 Å². The number of hydrogen-bond donors (Lipinski definition) is 2. The Labute approximate surface area is 251 Å². The lowest BCUT2D eigenvalue weighted by Crippen LogP contribution is -2.61. The van der Waals surface area contributed by atoms with Gasteiger partial charge in [-0.05, 0) is 66.0 Å². The minimum Gasteiger partial charge on any atom is -0.479 e. The van der Waals surface area contributed by atoms with Gasteiger partial charge in [-0.3, -0.25) is 9.59 Å². The van der Waals surface area contributed by atoms with E-state index in [9.17, 15) is 24.5 Å². The molecule has 2 N–H and O–H groups in total. The normalized spacial score (nSPS) is 40.9. The van der Waals surface area contributed by atoms with E-state index in [1.165, 1.54) is 25.3 Å². The Balaban J connectivity index is 1.28. The smallest absolute Gasteiger partial charge is 0.477 e. The third kappa shape index (κ3) is 4.03. The zero-order chi connectivity index (χ0) is 31.2. The number of ketones is 1. The molecule has 10 atom stereocenters. The van der Waals surface area contributed by atoms with Gasteiger partial charge < -0.3 is 19.6 Å². The summed E-state index contributed by atoms with van der Waals surface area (Å²) >= 11 is 0. The van der Waals surface area contributed by atoms with Gasteiger partial charge in [0.25, 0.3) is 0 Å². The maximum atomic E-state index is 15.5. The minimum atomic E-state index is -1.64. The minimum absolute atomic E-state index is 0.0237. The summed E-state index contributed by atoms with van der Waals surface area (Å²) in [6, 6.07) is 2.82. The van der Waals surface area contributed by atoms with Gasteiger partial charge in [-0.1, -0.05) is 33.8 Å². The molecule has 0 saturated heterocycles. The zero-order valence-corrected chi connectivity index (χ0v) is 25.4. The summed E-state index contributed by atoms with van der Waals surface area (Å²) in [5, 5.41) is 26.2. The SMILES string of the molecule is C=C[C@]1(C)CC(OC(=O)COc2ccc3c(c2F)B(O)N(C(C)=O)N=C3)[C@]2(C)C(C)C3C[C@]4(CCC(=O)C3[C@@H]24)[C@@H](C)[C@@H]1O. The quantitative estimate of drug-likeness (QED) is 0.305. The molecule has 230 valence electrons. The summed E-state index contributed by atoms with van der Waals surface area (Å²) in [7, 11) is -1.64. The molecular weight excluding hydrogens is 554 g/mol. The van der Waals surface area contributed by atoms with Crippen LogP contribution in [0.2, 0.25) is 0 Å². The number of aliphatic hydroxyl groups is 1. The van der Waals surface area contributed by atoms with Crippen LogP contribution in [0.4, 0.5) is 4.39 Å². The third-order valence-electron chi connectivity index (χ3n) is 12.3. The number of rotatable bonds is 5. The van der Waals surface area contributed by atoms with E-state index in [-0.39, 0.29) is 57.6 Å². The molecule has 4 aliphatic carbocycles. The van der Waals surface area contributed by atoms with Crippen LogP contribution in [-0.2, 0) is 19.1 Å². The molecule has 43 heavy (non-hydrogen) atoms. The molecule has 1 heterocycles. The number of hydrogen-bond acceptors (Lipinski definition) is 8. The van der Waals surface area contributed by atoms with Crippen LogP contribution in [0.5, 0.6) is 5.75 Å². The van der Waals surface area contributed by atoms with Gasteiger partial charge in [0, 0.05) is 35.6 Å². The Morgan fingerprint density at radius 3 is 2.65 bits per heavy atom. The van der Waals surface area contributed by atoms with Crippen molar-refractivity contribution in [2.75, 3.05) is 6.61 Å². The topological polar surface area (TPSA) is 126 Å². The van der Waals surface area contributed by atoms with Gasteiger partial charge in [0.1, 0.15) is 11.9 Å². The van der Waals surface area contributed by atoms with Crippen LogP contribution in [0.3, 0.4) is 0 Å². The first-order valence-electron chi connectivity index (χ1n) is 15.2. The number of halogens is 1. The van der Waals surface area contributed by atoms with Crippen LogP contribution in [0.1, 0.15) is 65.9 Å². The highest BCUT2D eigenvalue weighted by molar-refractivity contribution is 6.67. The van der Waals surface area contributed by atoms with Crippen molar-refractivity contribution in [3.63, 3.8) is 0 Å². The predicted molar refractivity (Wildman–Crippen MR) is 157 cm³/mol. The number of fused-ring (bicyclic) bond motifs is 1. The molecule has 1 amide bonds. The Hall–Kier alpha value is -3.05. The average molecular weight is 594 g/mol. The van der Waals surface area contributed by atoms with E-state index >= 15 is 4.39 Å². The lowest BCUT2D eigenvalue weighted by Gasteiger charge is -2.61. The molecule has 1 aliphatic heterocycles. The molecule has 6 rings (SSSR count). The predicted octanol–water partition coefficient (Wildman–Crippen LogP) is 2.85. The lowest BCUT2D eigenvalue weighted by molar-refractivity contribution is -0.202. The third-order valence-corrected chi connectivity index (χ3v) is 12.3. The van der Waals surface area contributed by atoms with Crippen molar-refractivity contribution in [1.82, 2.24) is 4.92 Å². The van der Waals surface area contributed by atoms with E-state index in [0.717, 1.165) is 17.8 Å². The standard InChI is InChI=1S/C32H40BFN2O7/c1-7-30(5)13-23(31(6)16(2)20-12-32(17(3)29(30)40)11-10-21(38)25(20)28(31)32)43-24(39)15-42-22-9-8-19-14-35-36(18(4)37)33(41)26(19)27(22)34/h7-9,14,16-17,20,23,25,28-29,40-41H,1,10-13,15H2,2-6H3/t16?,17-,20?,23?,25?,28-,29-,30+,31-,32+/m0/s1. The van der Waals surface area contributed by atoms with Gasteiger partial charge in [-0.15, -0.1) is 6.58 Å². The van der Waals surface area contributed by atoms with Crippen LogP contribution < -0.4 is 10.2 Å². The molecular formula is C32H40BFN2O7. The molecule has 0 radical (unpaired) electrons. The Morgan fingerprint density at radius 1 is 1.26 bits per heavy atom. The number of carbonyl (C=O) groups is 3. The summed E-state index contributed by atoms with van der Waals surface area (Å²) in [5.74, 6) is -2.08. The monoisotopic (exact) mass is 594 g/mol. The fourth-order valence-corrected chi connectivity index (χ4v) is 9.90. The van der Waals surface area contributed by atoms with Gasteiger partial charge in [0.05, 0.1) is 12.3 Å². The zero-order valence-electron chi connectivity index (χ0n) is 25.4. The summed E-state index contributed by atoms with van der Waals surface area (Å²) in [4.78, 5) is 39.3. The first-order valence-corrected chi connectivity index (χ1v) is 15.2. The number of carbonyl (C=O) groups excluding carboxylic acids is 3. The van der Waals surface area contributed by atoms with E-state index in [1.807, 2.05) is 6.92 Å². The fourth-order valence-electron chi connectivity index (χ4n) is 9.90. The molecule has 4 bridgehead atoms. The summed E-state index contributed by atoms with van der Waals surface area (Å²) < 4.78 is 27.3. The second-order valence-electron chi connectivity index (χ2n) is 14.0. The molecule has 0 aromatic heterocycles. The first kappa shape index (κ1) is 30.0. The van der Waals surface area contributed by atoms with Crippen molar-refractivity contribution in [2.45, 2.75) is 72.5 Å². The van der Waals surface area contributed by atoms with E-state index in [2.05, 4.69) is 32.5 Å². The summed E-state index contributed by atoms with van der Waals surface area (Å²) in [5.41, 5.74) is -1.39. The number of amides is 1. The molecule has 9 nitrogen and oxygen atoms in total. The van der Waals surface area contributed by atoms with E-state index in [1.54, 1.807) is 6.08 Å². The van der Waals surface area contributed by atoms with Crippen LogP contribution in [0, 0.1) is 51.7 Å². The van der Waals surface area contributed by atoms with Gasteiger partial charge in [0.15, 0.2) is 18.2 Å². The van der Waals surface area contributed by atoms with Crippen molar-refractivity contribution < 1.29 is 38.4 Å². The first-order chi connectivity index (χ1) is 20.2. The largest absolute Gasteiger partial charge is 0.479 e. The number of aliphatic hydroxyl groups excluding tert-OH is 1. The maximum Gasteiger partial charge on any atom is 0.477 e. The molecule has 11 heteroatoms. The summed E-state index contributed by atoms with van der Waals surface area (Å²) in [6.45, 7) is 13.0. The Bertz CT molecular complexity index is 1440. The maximum absolute atomic E-state index is 15.5. The number of benzene rings is 1. The highest BCUT2D eigenvalue weighted by atomic mass is 19.1. The fraction of sp³-hybridized carbons (Fsp3) is 0.625. The second-order valence-corrected chi connectivity index (χ2v) is 14.0. The van der Waals surface area contributed by atoms with Crippen molar-refractivity contribution in [3.8, 4) is 5.75 Å². The second kappa shape index (κ2) is 9.99. The number of nitrogens with zero attached hydrogens (tertiary/aromatic N) is 2. The number of hydrazone groups is 1. The summed E-state index contributed by atoms with van der Waals surface area (Å²) in [6.07, 6.45) is 4.10. The molecule has 5 aliphatic rings. The van der Waals surface area contributed by atoms with E-state index in [4.69, 9.17) is 9.47 Å². The van der Waals surface area contributed by atoms with Crippen molar-refractivity contribution in [2.24, 2.45) is 50.9 Å². The van der Waals surface area contributed by atoms with Gasteiger partial charge in [-0.2, -0.15) is 5.10 Å². The van der Waals surface area contributed by atoms with Crippen molar-refractivity contribution in [3.05, 3.63) is 36.2 Å². The number of Topliss-reactive ketones (excluding diaryl/α,β-unsaturated/α-hetero) is 1. The van der Waals surface area contributed by atoms with E-state index < -0.39 is 54.4 Å². The van der Waals surface area contributed by atoms with Crippen LogP contribution >= 0.6 is 0 Å². The molecule has 1 aromatic carbocycles. The lowest BCUT2D eigenvalue weighted by atomic mass is 9.45. The van der Waals surface area contributed by atoms with Crippen LogP contribution in [0.15, 0.2) is 29.9 Å². The number of esters is 1. The number of ether oxygens (including phenoxy) is 2. The highest BCUT2D eigenvalue weighted by Gasteiger charge is 2.76. The molecule has 4 unspecified atom stereocenters. The van der Waals surface area contributed by atoms with Crippen molar-refractivity contribution in [1.29, 1.82) is 0 Å². The highest BCUT2D eigenvalue weighted by Crippen LogP contribution is 2.77. The van der Waals surface area contributed by atoms with E-state index in [0.29, 0.717) is 12.8 Å². The van der Waals surface area contributed by atoms with Crippen LogP contribution in [-0.4, -0.2) is 64.8 Å². The molecule has 0 spiro atoms. The molecule has 1 aromatic rings. The average Bonchev–Trinajstić information content (AvgIpc) is 3.37. The van der Waals surface area contributed by atoms with Gasteiger partial charge in [-0.25, -0.2) is 14.1 Å². The Morgan fingerprint density at radius 2 is 1.98 bits per heavy atom.